The summed E-state index contributed by atoms with van der Waals surface area (Å²) in [7, 11) is 0. The average Bonchev–Trinajstić information content (AvgIpc) is 3.29. The van der Waals surface area contributed by atoms with Crippen LogP contribution in [0.2, 0.25) is 10.0 Å². The third-order valence-corrected chi connectivity index (χ3v) is 6.59. The lowest BCUT2D eigenvalue weighted by atomic mass is 10.0. The molecule has 5 rings (SSSR count). The van der Waals surface area contributed by atoms with Crippen LogP contribution < -0.4 is 10.2 Å². The molecule has 6 nitrogen and oxygen atoms in total. The minimum Gasteiger partial charge on any atom is -0.378 e. The third-order valence-electron chi connectivity index (χ3n) is 5.87. The summed E-state index contributed by atoms with van der Waals surface area (Å²) in [5.41, 5.74) is 1.73. The van der Waals surface area contributed by atoms with E-state index in [-0.39, 0.29) is 0 Å². The molecular formula is C22H23Cl2N5O. The minimum absolute atomic E-state index is 0.427. The second-order valence-corrected chi connectivity index (χ2v) is 8.65. The van der Waals surface area contributed by atoms with Gasteiger partial charge in [-0.2, -0.15) is 0 Å². The molecule has 3 aromatic rings. The van der Waals surface area contributed by atoms with Crippen LogP contribution in [-0.4, -0.2) is 47.5 Å². The van der Waals surface area contributed by atoms with Crippen molar-refractivity contribution in [2.75, 3.05) is 36.5 Å². The lowest BCUT2D eigenvalue weighted by molar-refractivity contribution is 0.122. The first-order valence-electron chi connectivity index (χ1n) is 10.4. The standard InChI is InChI=1S/C22H23Cl2N5O/c23-18-12-16-17(13-19(18)24)22(26-15-3-1-2-4-15)28-27-21(16)14-5-6-25-20(11-14)29-7-9-30-10-8-29/h5-6,11-13,15H,1-4,7-10H2,(H,26,28). The lowest BCUT2D eigenvalue weighted by Gasteiger charge is -2.28. The molecule has 1 N–H and O–H groups in total. The Morgan fingerprint density at radius 2 is 1.70 bits per heavy atom. The summed E-state index contributed by atoms with van der Waals surface area (Å²) in [5.74, 6) is 1.68. The summed E-state index contributed by atoms with van der Waals surface area (Å²) in [5, 5.41) is 15.6. The molecule has 0 atom stereocenters. The zero-order valence-electron chi connectivity index (χ0n) is 16.6. The van der Waals surface area contributed by atoms with Gasteiger partial charge < -0.3 is 15.0 Å². The fourth-order valence-electron chi connectivity index (χ4n) is 4.26. The maximum atomic E-state index is 6.39. The quantitative estimate of drug-likeness (QED) is 0.598. The normalized spacial score (nSPS) is 17.6. The summed E-state index contributed by atoms with van der Waals surface area (Å²) in [6.07, 6.45) is 6.61. The number of anilines is 2. The molecule has 2 fully saturated rings. The van der Waals surface area contributed by atoms with Crippen molar-refractivity contribution in [3.63, 3.8) is 0 Å². The van der Waals surface area contributed by atoms with E-state index in [1.807, 2.05) is 24.4 Å². The van der Waals surface area contributed by atoms with Crippen LogP contribution in [0.4, 0.5) is 11.6 Å². The maximum Gasteiger partial charge on any atom is 0.156 e. The number of ether oxygens (including phenoxy) is 1. The Bertz CT molecular complexity index is 1060. The zero-order chi connectivity index (χ0) is 20.5. The van der Waals surface area contributed by atoms with Crippen molar-refractivity contribution in [1.29, 1.82) is 0 Å². The van der Waals surface area contributed by atoms with Gasteiger partial charge in [0.25, 0.3) is 0 Å². The van der Waals surface area contributed by atoms with Gasteiger partial charge >= 0.3 is 0 Å². The van der Waals surface area contributed by atoms with Gasteiger partial charge in [-0.15, -0.1) is 10.2 Å². The Balaban J connectivity index is 1.58. The molecule has 0 unspecified atom stereocenters. The highest BCUT2D eigenvalue weighted by Crippen LogP contribution is 2.37. The minimum atomic E-state index is 0.427. The first-order valence-corrected chi connectivity index (χ1v) is 11.2. The van der Waals surface area contributed by atoms with Crippen molar-refractivity contribution < 1.29 is 4.74 Å². The summed E-state index contributed by atoms with van der Waals surface area (Å²) in [4.78, 5) is 6.77. The highest BCUT2D eigenvalue weighted by atomic mass is 35.5. The second kappa shape index (κ2) is 8.53. The molecule has 0 amide bonds. The van der Waals surface area contributed by atoms with Gasteiger partial charge in [-0.25, -0.2) is 4.98 Å². The van der Waals surface area contributed by atoms with Crippen molar-refractivity contribution in [1.82, 2.24) is 15.2 Å². The fraction of sp³-hybridized carbons (Fsp3) is 0.409. The van der Waals surface area contributed by atoms with Crippen LogP contribution in [0.15, 0.2) is 30.5 Å². The van der Waals surface area contributed by atoms with E-state index in [1.165, 1.54) is 12.8 Å². The molecule has 3 heterocycles. The Labute approximate surface area is 185 Å². The number of rotatable bonds is 4. The van der Waals surface area contributed by atoms with Gasteiger partial charge in [0, 0.05) is 41.7 Å². The molecule has 30 heavy (non-hydrogen) atoms. The average molecular weight is 444 g/mol. The summed E-state index contributed by atoms with van der Waals surface area (Å²) in [6.45, 7) is 3.08. The number of nitrogens with one attached hydrogen (secondary N) is 1. The SMILES string of the molecule is Clc1cc2c(NC3CCCC3)nnc(-c3ccnc(N4CCOCC4)c3)c2cc1Cl. The number of pyridine rings is 1. The first-order chi connectivity index (χ1) is 14.7. The van der Waals surface area contributed by atoms with E-state index in [9.17, 15) is 0 Å². The number of hydrogen-bond acceptors (Lipinski definition) is 6. The van der Waals surface area contributed by atoms with Crippen LogP contribution >= 0.6 is 23.2 Å². The van der Waals surface area contributed by atoms with Gasteiger partial charge in [-0.3, -0.25) is 0 Å². The number of aromatic nitrogens is 3. The molecule has 2 aliphatic rings. The van der Waals surface area contributed by atoms with E-state index in [0.29, 0.717) is 29.3 Å². The van der Waals surface area contributed by atoms with Crippen LogP contribution in [0, 0.1) is 0 Å². The highest BCUT2D eigenvalue weighted by Gasteiger charge is 2.20. The van der Waals surface area contributed by atoms with Crippen LogP contribution in [0.25, 0.3) is 22.0 Å². The highest BCUT2D eigenvalue weighted by molar-refractivity contribution is 6.43. The van der Waals surface area contributed by atoms with Gasteiger partial charge in [-0.1, -0.05) is 36.0 Å². The number of morpholine rings is 1. The Morgan fingerprint density at radius 3 is 2.47 bits per heavy atom. The molecule has 1 saturated heterocycles. The van der Waals surface area contributed by atoms with E-state index >= 15 is 0 Å². The Hall–Kier alpha value is -2.15. The maximum absolute atomic E-state index is 6.39. The number of nitrogens with zero attached hydrogens (tertiary/aromatic N) is 4. The Kier molecular flexibility index (Phi) is 5.63. The number of halogens is 2. The Morgan fingerprint density at radius 1 is 0.967 bits per heavy atom. The monoisotopic (exact) mass is 443 g/mol. The van der Waals surface area contributed by atoms with Crippen molar-refractivity contribution in [2.24, 2.45) is 0 Å². The first kappa shape index (κ1) is 19.8. The van der Waals surface area contributed by atoms with E-state index in [2.05, 4.69) is 31.5 Å². The van der Waals surface area contributed by atoms with Crippen molar-refractivity contribution in [2.45, 2.75) is 31.7 Å². The fourth-order valence-corrected chi connectivity index (χ4v) is 4.59. The number of fused-ring (bicyclic) bond motifs is 1. The predicted octanol–water partition coefficient (Wildman–Crippen LogP) is 5.19. The molecule has 1 aromatic carbocycles. The molecule has 2 aromatic heterocycles. The van der Waals surface area contributed by atoms with E-state index in [1.54, 1.807) is 0 Å². The van der Waals surface area contributed by atoms with Gasteiger partial charge in [0.15, 0.2) is 5.82 Å². The van der Waals surface area contributed by atoms with Gasteiger partial charge in [0.05, 0.1) is 23.3 Å². The molecule has 0 radical (unpaired) electrons. The molecule has 8 heteroatoms. The number of benzene rings is 1. The molecule has 1 saturated carbocycles. The van der Waals surface area contributed by atoms with Crippen LogP contribution in [-0.2, 0) is 4.74 Å². The molecule has 1 aliphatic heterocycles. The largest absolute Gasteiger partial charge is 0.378 e. The van der Waals surface area contributed by atoms with E-state index < -0.39 is 0 Å². The summed E-state index contributed by atoms with van der Waals surface area (Å²) >= 11 is 12.8. The van der Waals surface area contributed by atoms with Crippen molar-refractivity contribution in [3.05, 3.63) is 40.5 Å². The van der Waals surface area contributed by atoms with Gasteiger partial charge in [0.2, 0.25) is 0 Å². The molecule has 0 bridgehead atoms. The van der Waals surface area contributed by atoms with Gasteiger partial charge in [0.1, 0.15) is 11.5 Å². The van der Waals surface area contributed by atoms with Crippen LogP contribution in [0.5, 0.6) is 0 Å². The summed E-state index contributed by atoms with van der Waals surface area (Å²) < 4.78 is 5.46. The lowest BCUT2D eigenvalue weighted by Crippen LogP contribution is -2.36. The molecule has 1 aliphatic carbocycles. The topological polar surface area (TPSA) is 63.2 Å². The van der Waals surface area contributed by atoms with Crippen LogP contribution in [0.3, 0.4) is 0 Å². The molecular weight excluding hydrogens is 421 g/mol. The van der Waals surface area contributed by atoms with Crippen LogP contribution in [0.1, 0.15) is 25.7 Å². The molecule has 156 valence electrons. The second-order valence-electron chi connectivity index (χ2n) is 7.84. The van der Waals surface area contributed by atoms with Crippen molar-refractivity contribution in [3.8, 4) is 11.3 Å². The molecule has 0 spiro atoms. The summed E-state index contributed by atoms with van der Waals surface area (Å²) in [6, 6.07) is 8.22. The van der Waals surface area contributed by atoms with Crippen molar-refractivity contribution >= 4 is 45.6 Å². The van der Waals surface area contributed by atoms with Gasteiger partial charge in [-0.05, 0) is 37.1 Å². The van der Waals surface area contributed by atoms with E-state index in [0.717, 1.165) is 59.6 Å². The predicted molar refractivity (Wildman–Crippen MR) is 122 cm³/mol. The number of hydrogen-bond donors (Lipinski definition) is 1. The third kappa shape index (κ3) is 3.92. The smallest absolute Gasteiger partial charge is 0.156 e. The zero-order valence-corrected chi connectivity index (χ0v) is 18.1. The van der Waals surface area contributed by atoms with E-state index in [4.69, 9.17) is 27.9 Å².